The van der Waals surface area contributed by atoms with Crippen LogP contribution in [-0.4, -0.2) is 105 Å². The fraction of sp³-hybridized carbons (Fsp3) is 0.148. The number of azo groups is 2. The minimum Gasteiger partial charge on any atom is -0.871 e. The van der Waals surface area contributed by atoms with Crippen molar-refractivity contribution in [1.29, 1.82) is 0 Å². The monoisotopic (exact) mass is 1240 g/mol. The fourth-order valence-electron chi connectivity index (χ4n) is 7.77. The molecule has 18 nitrogen and oxygen atoms in total. The molecule has 0 fully saturated rings. The summed E-state index contributed by atoms with van der Waals surface area (Å²) in [7, 11) is -9.51. The first-order valence-corrected chi connectivity index (χ1v) is 26.8. The van der Waals surface area contributed by atoms with Crippen molar-refractivity contribution in [2.24, 2.45) is 25.4 Å². The minimum atomic E-state index is -4.76. The Morgan fingerprint density at radius 1 is 0.597 bits per heavy atom. The van der Waals surface area contributed by atoms with Crippen molar-refractivity contribution >= 4 is 160 Å². The molecule has 23 heteroatoms. The van der Waals surface area contributed by atoms with Crippen molar-refractivity contribution in [2.45, 2.75) is 50.3 Å². The molecule has 0 aliphatic heterocycles. The Bertz CT molecular complexity index is 3860. The largest absolute Gasteiger partial charge is 2.00 e. The number of carbonyl (C=O) groups is 1. The van der Waals surface area contributed by atoms with Gasteiger partial charge in [0.05, 0.1) is 40.2 Å². The van der Waals surface area contributed by atoms with Crippen LogP contribution in [0.4, 0.5) is 34.1 Å². The SMILES string of the molecule is CCOc1ccccc1N=C([O-])c1cc2ccccc2c(N=Nc2ccc(CC)c(Cl)c2S(=O)(=O)O)c1[O-].CCOc1ccccc1NC(=O)c1cc2ccccc2c(N=Nc2ccc(CC)c(Cl)c2S(=O)(=O)O)c1O.[Ba+2]. The molecule has 0 aromatic heterocycles. The quantitative estimate of drug-likeness (QED) is 0.0231. The van der Waals surface area contributed by atoms with Crippen molar-refractivity contribution in [1.82, 2.24) is 0 Å². The van der Waals surface area contributed by atoms with Crippen LogP contribution in [0.15, 0.2) is 169 Å². The molecule has 8 aromatic rings. The Kier molecular flexibility index (Phi) is 20.4. The van der Waals surface area contributed by atoms with Crippen molar-refractivity contribution in [3.05, 3.63) is 166 Å². The molecule has 0 radical (unpaired) electrons. The molecule has 0 saturated carbocycles. The van der Waals surface area contributed by atoms with Gasteiger partial charge < -0.3 is 30.1 Å². The molecule has 0 saturated heterocycles. The van der Waals surface area contributed by atoms with Crippen molar-refractivity contribution in [3.63, 3.8) is 0 Å². The first kappa shape index (κ1) is 59.8. The zero-order valence-corrected chi connectivity index (χ0v) is 49.1. The number of ether oxygens (including phenoxy) is 2. The van der Waals surface area contributed by atoms with Gasteiger partial charge in [-0.2, -0.15) is 21.9 Å². The number of hydrogen-bond acceptors (Lipinski definition) is 15. The number of aromatic hydroxyl groups is 1. The van der Waals surface area contributed by atoms with E-state index in [1.807, 2.05) is 6.92 Å². The van der Waals surface area contributed by atoms with Crippen LogP contribution in [0, 0.1) is 0 Å². The summed E-state index contributed by atoms with van der Waals surface area (Å²) in [5.74, 6) is -1.79. The van der Waals surface area contributed by atoms with E-state index in [4.69, 9.17) is 32.7 Å². The van der Waals surface area contributed by atoms with Gasteiger partial charge >= 0.3 is 48.9 Å². The Labute approximate surface area is 493 Å². The van der Waals surface area contributed by atoms with E-state index in [9.17, 15) is 46.1 Å². The minimum absolute atomic E-state index is 0. The maximum Gasteiger partial charge on any atom is 2.00 e. The summed E-state index contributed by atoms with van der Waals surface area (Å²) in [5, 5.41) is 58.1. The average molecular weight is 1240 g/mol. The molecule has 0 spiro atoms. The molecule has 392 valence electrons. The van der Waals surface area contributed by atoms with Gasteiger partial charge in [-0.25, -0.2) is 0 Å². The number of phenols is 1. The Morgan fingerprint density at radius 3 is 1.58 bits per heavy atom. The summed E-state index contributed by atoms with van der Waals surface area (Å²) in [6, 6.07) is 35.9. The van der Waals surface area contributed by atoms with Gasteiger partial charge in [0.1, 0.15) is 44.0 Å². The molecule has 0 atom stereocenters. The van der Waals surface area contributed by atoms with Gasteiger partial charge in [0, 0.05) is 10.8 Å². The van der Waals surface area contributed by atoms with Crippen molar-refractivity contribution in [2.75, 3.05) is 18.5 Å². The maximum atomic E-state index is 13.4. The molecule has 8 rings (SSSR count). The topological polar surface area (TPSA) is 284 Å². The molecular weight excluding hydrogens is 1200 g/mol. The summed E-state index contributed by atoms with van der Waals surface area (Å²) in [5.41, 5.74) is 0.574. The summed E-state index contributed by atoms with van der Waals surface area (Å²) in [6.45, 7) is 7.93. The van der Waals surface area contributed by atoms with Crippen molar-refractivity contribution < 1.29 is 55.5 Å². The average Bonchev–Trinajstić information content (AvgIpc) is 3.39. The van der Waals surface area contributed by atoms with Crippen LogP contribution in [0.25, 0.3) is 21.5 Å². The van der Waals surface area contributed by atoms with Gasteiger partial charge in [-0.3, -0.25) is 18.9 Å². The third-order valence-electron chi connectivity index (χ3n) is 11.4. The van der Waals surface area contributed by atoms with Gasteiger partial charge in [-0.05, 0) is 109 Å². The number of carbonyl (C=O) groups excluding carboxylic acids is 1. The first-order valence-electron chi connectivity index (χ1n) is 23.2. The number of fused-ring (bicyclic) bond motifs is 2. The van der Waals surface area contributed by atoms with E-state index in [-0.39, 0.29) is 98.5 Å². The van der Waals surface area contributed by atoms with Crippen LogP contribution in [0.1, 0.15) is 54.7 Å². The van der Waals surface area contributed by atoms with Crippen LogP contribution in [0.3, 0.4) is 0 Å². The molecule has 8 aromatic carbocycles. The predicted molar refractivity (Wildman–Crippen MR) is 294 cm³/mol. The van der Waals surface area contributed by atoms with Gasteiger partial charge in [0.2, 0.25) is 0 Å². The summed E-state index contributed by atoms with van der Waals surface area (Å²) >= 11 is 12.4. The van der Waals surface area contributed by atoms with Gasteiger partial charge in [-0.15, -0.1) is 15.3 Å². The number of halogens is 2. The number of phenolic OH excluding ortho intramolecular Hbond substituents is 1. The molecule has 0 bridgehead atoms. The standard InChI is InChI=1S/2C27H24ClN3O6S.Ba/c2*1-3-16-13-14-21(26(23(16)28)38(34,35)36)30-31-24-18-10-6-5-9-17(18)15-19(25(24)32)27(33)29-20-11-7-8-12-22(20)37-4-2;/h2*5-15,32H,3-4H2,1-2H3,(H,29,33)(H,34,35,36);/q;;+2/p-2. The molecule has 77 heavy (non-hydrogen) atoms. The number of rotatable bonds is 16. The van der Waals surface area contributed by atoms with E-state index in [2.05, 4.69) is 30.8 Å². The fourth-order valence-corrected chi connectivity index (χ4v) is 10.4. The van der Waals surface area contributed by atoms with E-state index in [1.54, 1.807) is 130 Å². The first-order chi connectivity index (χ1) is 36.3. The van der Waals surface area contributed by atoms with Gasteiger partial charge in [-0.1, -0.05) is 128 Å². The molecule has 4 N–H and O–H groups in total. The number of amides is 1. The maximum absolute atomic E-state index is 13.4. The molecular formula is C54H46BaCl2N6O12S2. The van der Waals surface area contributed by atoms with E-state index in [1.165, 1.54) is 24.3 Å². The number of aryl methyl sites for hydroxylation is 2. The van der Waals surface area contributed by atoms with Crippen LogP contribution in [0.5, 0.6) is 23.0 Å². The predicted octanol–water partition coefficient (Wildman–Crippen LogP) is 12.3. The van der Waals surface area contributed by atoms with Crippen LogP contribution < -0.4 is 25.0 Å². The van der Waals surface area contributed by atoms with E-state index < -0.39 is 53.3 Å². The normalized spacial score (nSPS) is 11.9. The zero-order valence-electron chi connectivity index (χ0n) is 41.6. The smallest absolute Gasteiger partial charge is 0.871 e. The van der Waals surface area contributed by atoms with Crippen LogP contribution >= 0.6 is 23.2 Å². The van der Waals surface area contributed by atoms with E-state index in [0.717, 1.165) is 0 Å². The number of benzene rings is 8. The Balaban J connectivity index is 0.000000246. The Morgan fingerprint density at radius 2 is 1.05 bits per heavy atom. The van der Waals surface area contributed by atoms with Gasteiger partial charge in [0.25, 0.3) is 26.1 Å². The second-order valence-electron chi connectivity index (χ2n) is 16.2. The number of hydrogen-bond donors (Lipinski definition) is 4. The summed E-state index contributed by atoms with van der Waals surface area (Å²) in [6.07, 6.45) is 0.835. The van der Waals surface area contributed by atoms with E-state index >= 15 is 0 Å². The number of aliphatic imine (C=N–C) groups is 1. The molecule has 0 aliphatic carbocycles. The number of nitrogens with one attached hydrogen (secondary N) is 1. The zero-order chi connectivity index (χ0) is 54.9. The number of para-hydroxylation sites is 4. The third-order valence-corrected chi connectivity index (χ3v) is 14.3. The number of nitrogens with zero attached hydrogens (tertiary/aromatic N) is 5. The van der Waals surface area contributed by atoms with Crippen molar-refractivity contribution in [3.8, 4) is 23.0 Å². The van der Waals surface area contributed by atoms with Gasteiger partial charge in [0.15, 0.2) is 5.75 Å². The molecule has 0 unspecified atom stereocenters. The molecule has 1 amide bonds. The summed E-state index contributed by atoms with van der Waals surface area (Å²) < 4.78 is 78.9. The molecule has 0 heterocycles. The Hall–Kier alpha value is -6.41. The van der Waals surface area contributed by atoms with E-state index in [0.29, 0.717) is 75.9 Å². The summed E-state index contributed by atoms with van der Waals surface area (Å²) in [4.78, 5) is 16.1. The molecule has 0 aliphatic rings. The second-order valence-corrected chi connectivity index (χ2v) is 19.7. The number of anilines is 1. The second kappa shape index (κ2) is 26.3. The van der Waals surface area contributed by atoms with Crippen LogP contribution in [0.2, 0.25) is 10.0 Å². The third kappa shape index (κ3) is 13.8. The van der Waals surface area contributed by atoms with Crippen LogP contribution in [-0.2, 0) is 33.1 Å².